The van der Waals surface area contributed by atoms with Crippen LogP contribution in [0.15, 0.2) is 180 Å². The number of hydrogen-bond donors (Lipinski definition) is 0. The summed E-state index contributed by atoms with van der Waals surface area (Å²) < 4.78 is 30.3. The van der Waals surface area contributed by atoms with Crippen LogP contribution in [0.2, 0.25) is 0 Å². The smallest absolute Gasteiger partial charge is 0.208 e. The maximum Gasteiger partial charge on any atom is 0.208 e. The fraction of sp³-hybridized carbons (Fsp3) is 0. The Hall–Kier alpha value is -6.87. The summed E-state index contributed by atoms with van der Waals surface area (Å²) in [6, 6.07) is 55.5. The van der Waals surface area contributed by atoms with Crippen LogP contribution < -0.4 is 0 Å². The summed E-state index contributed by atoms with van der Waals surface area (Å²) in [4.78, 5) is 9.38. The molecule has 0 aliphatic heterocycles. The van der Waals surface area contributed by atoms with Crippen molar-refractivity contribution in [2.24, 2.45) is 0 Å². The van der Waals surface area contributed by atoms with Gasteiger partial charge in [-0.3, -0.25) is 0 Å². The third-order valence-electron chi connectivity index (χ3n) is 10.4. The van der Waals surface area contributed by atoms with Gasteiger partial charge in [-0.2, -0.15) is 0 Å². The van der Waals surface area contributed by atoms with E-state index in [1.807, 2.05) is 91.0 Å². The highest BCUT2D eigenvalue weighted by Gasteiger charge is 2.29. The van der Waals surface area contributed by atoms with Crippen molar-refractivity contribution < 1.29 is 8.42 Å². The largest absolute Gasteiger partial charge is 0.247 e. The summed E-state index contributed by atoms with van der Waals surface area (Å²) in [6.45, 7) is 7.72. The molecule has 0 atom stereocenters. The molecule has 0 spiro atoms. The zero-order valence-corrected chi connectivity index (χ0v) is 29.1. The molecule has 0 unspecified atom stereocenters. The van der Waals surface area contributed by atoms with Crippen LogP contribution in [0.3, 0.4) is 0 Å². The number of aromatic nitrogens is 1. The molecule has 0 N–H and O–H groups in total. The van der Waals surface area contributed by atoms with E-state index >= 15 is 8.42 Å². The van der Waals surface area contributed by atoms with Crippen molar-refractivity contribution in [3.8, 4) is 22.4 Å². The lowest BCUT2D eigenvalue weighted by atomic mass is 9.86. The van der Waals surface area contributed by atoms with E-state index in [4.69, 9.17) is 11.6 Å². The van der Waals surface area contributed by atoms with Gasteiger partial charge in [0.2, 0.25) is 9.84 Å². The normalized spacial score (nSPS) is 11.9. The molecule has 0 aliphatic carbocycles. The van der Waals surface area contributed by atoms with Crippen LogP contribution in [-0.4, -0.2) is 13.4 Å². The van der Waals surface area contributed by atoms with E-state index in [2.05, 4.69) is 65.5 Å². The fourth-order valence-corrected chi connectivity index (χ4v) is 10.1. The van der Waals surface area contributed by atoms with Gasteiger partial charge in [-0.05, 0) is 55.6 Å². The van der Waals surface area contributed by atoms with Crippen molar-refractivity contribution >= 4 is 80.3 Å². The van der Waals surface area contributed by atoms with Crippen LogP contribution in [0.4, 0.5) is 5.69 Å². The van der Waals surface area contributed by atoms with Gasteiger partial charge >= 0.3 is 0 Å². The molecule has 9 aromatic carbocycles. The molecule has 5 heteroatoms. The topological polar surface area (TPSA) is 51.4 Å². The number of rotatable bonds is 4. The second-order valence-corrected chi connectivity index (χ2v) is 15.1. The van der Waals surface area contributed by atoms with Crippen LogP contribution in [0.1, 0.15) is 0 Å². The minimum Gasteiger partial charge on any atom is -0.247 e. The highest BCUT2D eigenvalue weighted by atomic mass is 32.2. The first-order valence-electron chi connectivity index (χ1n) is 17.4. The summed E-state index contributed by atoms with van der Waals surface area (Å²) in [5.41, 5.74) is 5.24. The third kappa shape index (κ3) is 4.60. The van der Waals surface area contributed by atoms with Gasteiger partial charge in [-0.15, -0.1) is 0 Å². The number of sulfone groups is 1. The average Bonchev–Trinajstić information content (AvgIpc) is 3.21. The summed E-state index contributed by atoms with van der Waals surface area (Å²) in [6.07, 6.45) is 0. The number of para-hydroxylation sites is 1. The van der Waals surface area contributed by atoms with Crippen LogP contribution in [-0.2, 0) is 9.84 Å². The Morgan fingerprint density at radius 2 is 1.00 bits per heavy atom. The Bertz CT molecular complexity index is 3250. The minimum atomic E-state index is -4.10. The Balaban J connectivity index is 1.37. The fourth-order valence-electron chi connectivity index (χ4n) is 8.20. The molecule has 53 heavy (non-hydrogen) atoms. The van der Waals surface area contributed by atoms with E-state index in [9.17, 15) is 0 Å². The second-order valence-electron chi connectivity index (χ2n) is 13.3. The lowest BCUT2D eigenvalue weighted by Crippen LogP contribution is -2.06. The lowest BCUT2D eigenvalue weighted by Gasteiger charge is -2.21. The van der Waals surface area contributed by atoms with E-state index in [0.29, 0.717) is 27.2 Å². The van der Waals surface area contributed by atoms with Crippen molar-refractivity contribution in [1.82, 2.24) is 4.98 Å². The summed E-state index contributed by atoms with van der Waals surface area (Å²) >= 11 is 0. The predicted octanol–water partition coefficient (Wildman–Crippen LogP) is 12.7. The summed E-state index contributed by atoms with van der Waals surface area (Å²) in [5.74, 6) is 0. The van der Waals surface area contributed by atoms with E-state index in [1.165, 1.54) is 0 Å². The average molecular weight is 697 g/mol. The SMILES string of the molecule is [C-]#[N+]c1ccc(S(=O)(=O)c2c3ccccc3c(-c3cc4c(-c5ccccc5)nc5ccccc5c4c4ccccc34)c3ccccc23)c2ccccc12. The molecule has 248 valence electrons. The molecule has 0 bridgehead atoms. The Labute approximate surface area is 306 Å². The standard InChI is InChI=1S/C48H28N2O2S/c1-49-42-27-28-44(33-19-7-6-18-32(33)42)53(51,52)48-37-23-11-9-21-35(37)45(36-22-10-12-24-38(36)48)40-29-41-46(34-20-8-5-17-31(34)40)39-25-13-14-26-43(39)50-47(41)30-15-3-2-4-16-30/h2-29H. The monoisotopic (exact) mass is 696 g/mol. The quantitative estimate of drug-likeness (QED) is 0.105. The molecule has 0 saturated carbocycles. The predicted molar refractivity (Wildman–Crippen MR) is 218 cm³/mol. The second kappa shape index (κ2) is 11.8. The van der Waals surface area contributed by atoms with Crippen molar-refractivity contribution in [3.05, 3.63) is 181 Å². The van der Waals surface area contributed by atoms with Crippen molar-refractivity contribution in [2.75, 3.05) is 0 Å². The number of nitrogens with zero attached hydrogens (tertiary/aromatic N) is 2. The molecule has 10 aromatic rings. The first-order chi connectivity index (χ1) is 26.0. The zero-order chi connectivity index (χ0) is 35.7. The molecule has 0 amide bonds. The number of hydrogen-bond acceptors (Lipinski definition) is 3. The van der Waals surface area contributed by atoms with Crippen LogP contribution in [0, 0.1) is 6.57 Å². The highest BCUT2D eigenvalue weighted by molar-refractivity contribution is 7.92. The first kappa shape index (κ1) is 30.9. The van der Waals surface area contributed by atoms with Crippen LogP contribution in [0.25, 0.3) is 92.0 Å². The number of pyridine rings is 1. The zero-order valence-electron chi connectivity index (χ0n) is 28.3. The van der Waals surface area contributed by atoms with Gasteiger partial charge in [0.15, 0.2) is 5.69 Å². The molecule has 10 rings (SSSR count). The molecule has 0 saturated heterocycles. The van der Waals surface area contributed by atoms with Crippen molar-refractivity contribution in [2.45, 2.75) is 9.79 Å². The first-order valence-corrected chi connectivity index (χ1v) is 18.9. The molecule has 0 fully saturated rings. The van der Waals surface area contributed by atoms with Gasteiger partial charge in [-0.1, -0.05) is 158 Å². The van der Waals surface area contributed by atoms with Gasteiger partial charge in [0, 0.05) is 32.5 Å². The molecule has 0 radical (unpaired) electrons. The highest BCUT2D eigenvalue weighted by Crippen LogP contribution is 2.48. The molecular formula is C48H28N2O2S. The maximum absolute atomic E-state index is 15.2. The molecule has 4 nitrogen and oxygen atoms in total. The van der Waals surface area contributed by atoms with E-state index < -0.39 is 9.84 Å². The third-order valence-corrected chi connectivity index (χ3v) is 12.4. The molecule has 1 heterocycles. The van der Waals surface area contributed by atoms with Gasteiger partial charge in [-0.25, -0.2) is 18.2 Å². The Morgan fingerprint density at radius 1 is 0.472 bits per heavy atom. The maximum atomic E-state index is 15.2. The lowest BCUT2D eigenvalue weighted by molar-refractivity contribution is 0.598. The summed E-state index contributed by atoms with van der Waals surface area (Å²) in [5, 5.41) is 9.53. The van der Waals surface area contributed by atoms with Gasteiger partial charge in [0.05, 0.1) is 27.6 Å². The van der Waals surface area contributed by atoms with Crippen LogP contribution >= 0.6 is 0 Å². The Kier molecular flexibility index (Phi) is 6.91. The molecular weight excluding hydrogens is 669 g/mol. The van der Waals surface area contributed by atoms with Crippen molar-refractivity contribution in [1.29, 1.82) is 0 Å². The van der Waals surface area contributed by atoms with Crippen LogP contribution in [0.5, 0.6) is 0 Å². The van der Waals surface area contributed by atoms with E-state index in [1.54, 1.807) is 18.2 Å². The van der Waals surface area contributed by atoms with Gasteiger partial charge < -0.3 is 0 Å². The van der Waals surface area contributed by atoms with Gasteiger partial charge in [0.1, 0.15) is 0 Å². The van der Waals surface area contributed by atoms with E-state index in [-0.39, 0.29) is 9.79 Å². The minimum absolute atomic E-state index is 0.185. The molecule has 0 aliphatic rings. The van der Waals surface area contributed by atoms with Gasteiger partial charge in [0.25, 0.3) is 0 Å². The van der Waals surface area contributed by atoms with Crippen molar-refractivity contribution in [3.63, 3.8) is 0 Å². The number of fused-ring (bicyclic) bond motifs is 8. The Morgan fingerprint density at radius 3 is 1.66 bits per heavy atom. The molecule has 1 aromatic heterocycles. The number of benzene rings is 9. The van der Waals surface area contributed by atoms with E-state index in [0.717, 1.165) is 65.6 Å². The summed E-state index contributed by atoms with van der Waals surface area (Å²) in [7, 11) is -4.10.